The molecule has 3 aromatic rings. The zero-order chi connectivity index (χ0) is 19.1. The second kappa shape index (κ2) is 9.23. The molecule has 0 fully saturated rings. The number of nitrogens with one attached hydrogen (secondary N) is 1. The fraction of sp³-hybridized carbons (Fsp3) is 0.250. The van der Waals surface area contributed by atoms with Crippen molar-refractivity contribution in [3.8, 4) is 5.75 Å². The number of benzene rings is 2. The fourth-order valence-corrected chi connectivity index (χ4v) is 3.55. The molecular formula is C20H22N4O2S. The van der Waals surface area contributed by atoms with Crippen molar-refractivity contribution in [2.75, 3.05) is 12.4 Å². The number of carbonyl (C=O) groups excluding carboxylic acids is 1. The maximum atomic E-state index is 12.1. The molecule has 0 aliphatic carbocycles. The lowest BCUT2D eigenvalue weighted by atomic mass is 10.2. The first kappa shape index (κ1) is 19.0. The molecule has 0 unspecified atom stereocenters. The second-order valence-electron chi connectivity index (χ2n) is 5.68. The molecule has 0 saturated heterocycles. The van der Waals surface area contributed by atoms with Crippen LogP contribution in [0.1, 0.15) is 19.4 Å². The molecule has 0 saturated carbocycles. The maximum absolute atomic E-state index is 12.1. The summed E-state index contributed by atoms with van der Waals surface area (Å²) in [5.41, 5.74) is 5.39. The molecule has 0 atom stereocenters. The Kier molecular flexibility index (Phi) is 6.49. The summed E-state index contributed by atoms with van der Waals surface area (Å²) in [5, 5.41) is 4.87. The Morgan fingerprint density at radius 2 is 2.00 bits per heavy atom. The van der Waals surface area contributed by atoms with Crippen molar-refractivity contribution in [2.24, 2.45) is 5.10 Å². The number of fused-ring (bicyclic) bond motifs is 1. The highest BCUT2D eigenvalue weighted by Crippen LogP contribution is 2.23. The monoisotopic (exact) mass is 382 g/mol. The molecule has 0 aliphatic heterocycles. The molecule has 3 rings (SSSR count). The van der Waals surface area contributed by atoms with Crippen molar-refractivity contribution >= 4 is 34.9 Å². The maximum Gasteiger partial charge on any atom is 0.250 e. The number of hydrazone groups is 1. The third kappa shape index (κ3) is 4.68. The minimum absolute atomic E-state index is 0.181. The van der Waals surface area contributed by atoms with Gasteiger partial charge in [-0.25, -0.2) is 10.4 Å². The molecule has 0 bridgehead atoms. The summed E-state index contributed by atoms with van der Waals surface area (Å²) in [6.45, 7) is 5.37. The molecule has 1 N–H and O–H groups in total. The van der Waals surface area contributed by atoms with E-state index in [1.165, 1.54) is 11.8 Å². The summed E-state index contributed by atoms with van der Waals surface area (Å²) >= 11 is 1.40. The SMILES string of the molecule is CCOc1ccccc1C=NNC(=O)CSc1nc2ccccc2n1CC. The van der Waals surface area contributed by atoms with Gasteiger partial charge in [-0.1, -0.05) is 36.0 Å². The van der Waals surface area contributed by atoms with E-state index in [1.807, 2.05) is 55.5 Å². The van der Waals surface area contributed by atoms with Gasteiger partial charge in [-0.05, 0) is 38.1 Å². The van der Waals surface area contributed by atoms with Crippen LogP contribution in [0.2, 0.25) is 0 Å². The van der Waals surface area contributed by atoms with Crippen LogP contribution in [0.15, 0.2) is 58.8 Å². The van der Waals surface area contributed by atoms with E-state index in [-0.39, 0.29) is 11.7 Å². The summed E-state index contributed by atoms with van der Waals surface area (Å²) in [4.78, 5) is 16.7. The van der Waals surface area contributed by atoms with E-state index in [9.17, 15) is 4.79 Å². The summed E-state index contributed by atoms with van der Waals surface area (Å²) in [6.07, 6.45) is 1.59. The van der Waals surface area contributed by atoms with E-state index >= 15 is 0 Å². The van der Waals surface area contributed by atoms with Crippen molar-refractivity contribution in [3.05, 3.63) is 54.1 Å². The fourth-order valence-electron chi connectivity index (χ4n) is 2.68. The van der Waals surface area contributed by atoms with Gasteiger partial charge < -0.3 is 9.30 Å². The molecule has 7 heteroatoms. The van der Waals surface area contributed by atoms with Crippen LogP contribution in [-0.2, 0) is 11.3 Å². The highest BCUT2D eigenvalue weighted by molar-refractivity contribution is 7.99. The number of hydrogen-bond donors (Lipinski definition) is 1. The molecule has 2 aromatic carbocycles. The van der Waals surface area contributed by atoms with E-state index < -0.39 is 0 Å². The molecule has 0 aliphatic rings. The molecule has 1 amide bonds. The van der Waals surface area contributed by atoms with Gasteiger partial charge in [-0.2, -0.15) is 5.10 Å². The van der Waals surface area contributed by atoms with Gasteiger partial charge in [0.15, 0.2) is 5.16 Å². The van der Waals surface area contributed by atoms with E-state index in [2.05, 4.69) is 27.0 Å². The number of nitrogens with zero attached hydrogens (tertiary/aromatic N) is 3. The number of imidazole rings is 1. The number of aryl methyl sites for hydroxylation is 1. The molecule has 0 spiro atoms. The Balaban J connectivity index is 1.59. The van der Waals surface area contributed by atoms with Gasteiger partial charge in [0.2, 0.25) is 0 Å². The Morgan fingerprint density at radius 3 is 2.81 bits per heavy atom. The average molecular weight is 382 g/mol. The number of hydrogen-bond acceptors (Lipinski definition) is 5. The number of para-hydroxylation sites is 3. The molecule has 1 aromatic heterocycles. The zero-order valence-corrected chi connectivity index (χ0v) is 16.2. The molecule has 6 nitrogen and oxygen atoms in total. The molecular weight excluding hydrogens is 360 g/mol. The number of ether oxygens (including phenoxy) is 1. The van der Waals surface area contributed by atoms with Gasteiger partial charge in [0, 0.05) is 12.1 Å². The predicted octanol–water partition coefficient (Wildman–Crippen LogP) is 3.70. The standard InChI is InChI=1S/C20H22N4O2S/c1-3-24-17-11-7-6-10-16(17)22-20(24)27-14-19(25)23-21-13-15-9-5-8-12-18(15)26-4-2/h5-13H,3-4,14H2,1-2H3,(H,23,25). The van der Waals surface area contributed by atoms with Crippen LogP contribution in [0.3, 0.4) is 0 Å². The topological polar surface area (TPSA) is 68.5 Å². The van der Waals surface area contributed by atoms with E-state index in [0.29, 0.717) is 6.61 Å². The van der Waals surface area contributed by atoms with Gasteiger partial charge >= 0.3 is 0 Å². The van der Waals surface area contributed by atoms with Gasteiger partial charge in [-0.3, -0.25) is 4.79 Å². The van der Waals surface area contributed by atoms with Crippen molar-refractivity contribution in [3.63, 3.8) is 0 Å². The minimum atomic E-state index is -0.181. The van der Waals surface area contributed by atoms with Crippen molar-refractivity contribution in [2.45, 2.75) is 25.5 Å². The average Bonchev–Trinajstić information content (AvgIpc) is 3.05. The normalized spacial score (nSPS) is 11.2. The number of thioether (sulfide) groups is 1. The third-order valence-electron chi connectivity index (χ3n) is 3.88. The zero-order valence-electron chi connectivity index (χ0n) is 15.4. The lowest BCUT2D eigenvalue weighted by Gasteiger charge is -2.06. The first-order chi connectivity index (χ1) is 13.2. The summed E-state index contributed by atoms with van der Waals surface area (Å²) < 4.78 is 7.64. The predicted molar refractivity (Wildman–Crippen MR) is 109 cm³/mol. The first-order valence-electron chi connectivity index (χ1n) is 8.84. The number of carbonyl (C=O) groups is 1. The van der Waals surface area contributed by atoms with E-state index in [0.717, 1.165) is 34.0 Å². The summed E-state index contributed by atoms with van der Waals surface area (Å²) in [5.74, 6) is 0.803. The molecule has 0 radical (unpaired) electrons. The molecule has 27 heavy (non-hydrogen) atoms. The number of rotatable bonds is 8. The van der Waals surface area contributed by atoms with E-state index in [1.54, 1.807) is 6.21 Å². The van der Waals surface area contributed by atoms with E-state index in [4.69, 9.17) is 4.74 Å². The van der Waals surface area contributed by atoms with Gasteiger partial charge in [0.1, 0.15) is 5.75 Å². The Hall–Kier alpha value is -2.80. The van der Waals surface area contributed by atoms with Crippen molar-refractivity contribution in [1.29, 1.82) is 0 Å². The lowest BCUT2D eigenvalue weighted by Crippen LogP contribution is -2.20. The summed E-state index contributed by atoms with van der Waals surface area (Å²) in [7, 11) is 0. The van der Waals surface area contributed by atoms with Crippen LogP contribution in [0.5, 0.6) is 5.75 Å². The van der Waals surface area contributed by atoms with Crippen LogP contribution < -0.4 is 10.2 Å². The highest BCUT2D eigenvalue weighted by Gasteiger charge is 2.11. The first-order valence-corrected chi connectivity index (χ1v) is 9.83. The van der Waals surface area contributed by atoms with Gasteiger partial charge in [0.25, 0.3) is 5.91 Å². The Morgan fingerprint density at radius 1 is 1.22 bits per heavy atom. The highest BCUT2D eigenvalue weighted by atomic mass is 32.2. The Bertz CT molecular complexity index is 952. The van der Waals surface area contributed by atoms with Crippen molar-refractivity contribution in [1.82, 2.24) is 15.0 Å². The number of amides is 1. The van der Waals surface area contributed by atoms with Crippen LogP contribution in [-0.4, -0.2) is 34.0 Å². The minimum Gasteiger partial charge on any atom is -0.493 e. The number of aromatic nitrogens is 2. The Labute approximate surface area is 162 Å². The third-order valence-corrected chi connectivity index (χ3v) is 4.86. The smallest absolute Gasteiger partial charge is 0.250 e. The largest absolute Gasteiger partial charge is 0.493 e. The lowest BCUT2D eigenvalue weighted by molar-refractivity contribution is -0.118. The quantitative estimate of drug-likeness (QED) is 0.366. The molecule has 140 valence electrons. The second-order valence-corrected chi connectivity index (χ2v) is 6.62. The van der Waals surface area contributed by atoms with Crippen LogP contribution in [0.25, 0.3) is 11.0 Å². The van der Waals surface area contributed by atoms with Crippen LogP contribution in [0, 0.1) is 0 Å². The summed E-state index contributed by atoms with van der Waals surface area (Å²) in [6, 6.07) is 15.5. The van der Waals surface area contributed by atoms with Crippen molar-refractivity contribution < 1.29 is 9.53 Å². The van der Waals surface area contributed by atoms with Crippen LogP contribution >= 0.6 is 11.8 Å². The van der Waals surface area contributed by atoms with Crippen LogP contribution in [0.4, 0.5) is 0 Å². The molecule has 1 heterocycles. The van der Waals surface area contributed by atoms with Gasteiger partial charge in [0.05, 0.1) is 29.6 Å². The van der Waals surface area contributed by atoms with Gasteiger partial charge in [-0.15, -0.1) is 0 Å².